The maximum Gasteiger partial charge on any atom is 0.128 e. The van der Waals surface area contributed by atoms with E-state index in [1.807, 2.05) is 48.8 Å². The van der Waals surface area contributed by atoms with Gasteiger partial charge >= 0.3 is 0 Å². The fourth-order valence-corrected chi connectivity index (χ4v) is 4.83. The van der Waals surface area contributed by atoms with Gasteiger partial charge in [-0.3, -0.25) is 4.90 Å². The predicted octanol–water partition coefficient (Wildman–Crippen LogP) is 5.51. The Labute approximate surface area is 201 Å². The van der Waals surface area contributed by atoms with Crippen molar-refractivity contribution in [3.8, 4) is 23.0 Å². The van der Waals surface area contributed by atoms with Crippen LogP contribution in [0.15, 0.2) is 60.9 Å². The zero-order valence-corrected chi connectivity index (χ0v) is 19.8. The quantitative estimate of drug-likeness (QED) is 0.486. The number of hydrogen-bond donors (Lipinski definition) is 0. The van der Waals surface area contributed by atoms with Crippen LogP contribution < -0.4 is 4.90 Å². The average Bonchev–Trinajstić information content (AvgIpc) is 3.35. The van der Waals surface area contributed by atoms with Crippen molar-refractivity contribution in [2.24, 2.45) is 5.92 Å². The van der Waals surface area contributed by atoms with Crippen LogP contribution >= 0.6 is 11.6 Å². The third-order valence-electron chi connectivity index (χ3n) is 6.85. The highest BCUT2D eigenvalue weighted by atomic mass is 35.5. The van der Waals surface area contributed by atoms with E-state index in [0.29, 0.717) is 6.04 Å². The largest absolute Gasteiger partial charge is 0.355 e. The zero-order valence-electron chi connectivity index (χ0n) is 19.0. The number of aromatic nitrogens is 2. The summed E-state index contributed by atoms with van der Waals surface area (Å²) in [6.45, 7) is 7.03. The van der Waals surface area contributed by atoms with E-state index in [2.05, 4.69) is 45.7 Å². The van der Waals surface area contributed by atoms with Gasteiger partial charge in [0.15, 0.2) is 0 Å². The van der Waals surface area contributed by atoms with Crippen LogP contribution in [0.2, 0.25) is 5.02 Å². The van der Waals surface area contributed by atoms with Crippen LogP contribution in [-0.2, 0) is 0 Å². The smallest absolute Gasteiger partial charge is 0.128 e. The Bertz CT molecular complexity index is 1120. The summed E-state index contributed by atoms with van der Waals surface area (Å²) in [6, 6.07) is 16.6. The van der Waals surface area contributed by atoms with Crippen LogP contribution in [0.25, 0.3) is 11.1 Å². The molecule has 4 heterocycles. The van der Waals surface area contributed by atoms with E-state index in [4.69, 9.17) is 16.6 Å². The lowest BCUT2D eigenvalue weighted by atomic mass is 9.98. The van der Waals surface area contributed by atoms with E-state index in [9.17, 15) is 0 Å². The molecule has 0 amide bonds. The van der Waals surface area contributed by atoms with Crippen LogP contribution in [0.3, 0.4) is 0 Å². The average molecular weight is 457 g/mol. The van der Waals surface area contributed by atoms with Crippen molar-refractivity contribution in [2.45, 2.75) is 32.2 Å². The van der Waals surface area contributed by atoms with Crippen LogP contribution in [0.5, 0.6) is 0 Å². The minimum absolute atomic E-state index is 0.667. The molecule has 4 nitrogen and oxygen atoms in total. The van der Waals surface area contributed by atoms with Gasteiger partial charge in [-0.1, -0.05) is 42.6 Å². The van der Waals surface area contributed by atoms with Crippen molar-refractivity contribution >= 4 is 17.4 Å². The predicted molar refractivity (Wildman–Crippen MR) is 135 cm³/mol. The van der Waals surface area contributed by atoms with E-state index in [1.165, 1.54) is 32.4 Å². The summed E-state index contributed by atoms with van der Waals surface area (Å²) in [4.78, 5) is 14.3. The lowest BCUT2D eigenvalue weighted by Gasteiger charge is -2.34. The first kappa shape index (κ1) is 21.9. The van der Waals surface area contributed by atoms with Crippen LogP contribution in [0, 0.1) is 17.8 Å². The molecule has 0 aliphatic carbocycles. The second-order valence-electron chi connectivity index (χ2n) is 9.20. The van der Waals surface area contributed by atoms with Gasteiger partial charge in [0, 0.05) is 47.7 Å². The molecule has 1 atom stereocenters. The SMILES string of the molecule is CC1CCN([C@H]2CCN(c3ccc(C#Cc4ccc(-c5ccc(Cl)cc5)cn4)cn3)C2)CC1. The first-order chi connectivity index (χ1) is 16.1. The van der Waals surface area contributed by atoms with Crippen LogP contribution in [-0.4, -0.2) is 47.1 Å². The molecule has 1 aromatic carbocycles. The van der Waals surface area contributed by atoms with E-state index < -0.39 is 0 Å². The van der Waals surface area contributed by atoms with E-state index in [1.54, 1.807) is 0 Å². The van der Waals surface area contributed by atoms with Gasteiger partial charge in [-0.15, -0.1) is 0 Å². The Morgan fingerprint density at radius 2 is 1.61 bits per heavy atom. The first-order valence-corrected chi connectivity index (χ1v) is 12.2. The normalized spacial score (nSPS) is 19.3. The molecule has 2 aliphatic rings. The van der Waals surface area contributed by atoms with Crippen molar-refractivity contribution < 1.29 is 0 Å². The van der Waals surface area contributed by atoms with Crippen molar-refractivity contribution in [1.82, 2.24) is 14.9 Å². The molecule has 2 fully saturated rings. The highest BCUT2D eigenvalue weighted by molar-refractivity contribution is 6.30. The molecule has 2 saturated heterocycles. The standard InChI is InChI=1S/C28H29ClN4/c1-21-12-15-32(16-13-21)27-14-17-33(20-27)28-11-3-22(18-31-28)2-9-26-10-6-24(19-30-26)23-4-7-25(29)8-5-23/h3-8,10-11,18-19,21,27H,12-17,20H2,1H3/t27-/m0/s1. The summed E-state index contributed by atoms with van der Waals surface area (Å²) in [7, 11) is 0. The summed E-state index contributed by atoms with van der Waals surface area (Å²) >= 11 is 5.97. The third kappa shape index (κ3) is 5.38. The molecule has 168 valence electrons. The van der Waals surface area contributed by atoms with Gasteiger partial charge in [0.25, 0.3) is 0 Å². The maximum atomic E-state index is 5.97. The molecular formula is C28H29ClN4. The number of hydrogen-bond acceptors (Lipinski definition) is 4. The highest BCUT2D eigenvalue weighted by Crippen LogP contribution is 2.25. The Hall–Kier alpha value is -2.87. The topological polar surface area (TPSA) is 32.3 Å². The molecule has 0 unspecified atom stereocenters. The number of anilines is 1. The summed E-state index contributed by atoms with van der Waals surface area (Å²) in [5, 5.41) is 0.732. The second-order valence-corrected chi connectivity index (χ2v) is 9.64. The molecule has 0 saturated carbocycles. The number of halogens is 1. The summed E-state index contributed by atoms with van der Waals surface area (Å²) in [6.07, 6.45) is 7.62. The van der Waals surface area contributed by atoms with Gasteiger partial charge < -0.3 is 4.90 Å². The van der Waals surface area contributed by atoms with Gasteiger partial charge in [0.1, 0.15) is 11.5 Å². The molecule has 5 heteroatoms. The van der Waals surface area contributed by atoms with E-state index >= 15 is 0 Å². The Morgan fingerprint density at radius 1 is 0.818 bits per heavy atom. The Morgan fingerprint density at radius 3 is 2.30 bits per heavy atom. The molecule has 0 spiro atoms. The number of pyridine rings is 2. The number of benzene rings is 1. The summed E-state index contributed by atoms with van der Waals surface area (Å²) < 4.78 is 0. The number of nitrogens with zero attached hydrogens (tertiary/aromatic N) is 4. The molecule has 0 radical (unpaired) electrons. The van der Waals surface area contributed by atoms with Gasteiger partial charge in [-0.05, 0) is 80.1 Å². The fraction of sp³-hybridized carbons (Fsp3) is 0.357. The molecular weight excluding hydrogens is 428 g/mol. The minimum atomic E-state index is 0.667. The number of likely N-dealkylation sites (tertiary alicyclic amines) is 1. The van der Waals surface area contributed by atoms with Crippen molar-refractivity contribution in [1.29, 1.82) is 0 Å². The molecule has 2 aliphatic heterocycles. The van der Waals surface area contributed by atoms with Gasteiger partial charge in [-0.25, -0.2) is 9.97 Å². The second kappa shape index (κ2) is 9.95. The van der Waals surface area contributed by atoms with Crippen molar-refractivity contribution in [3.05, 3.63) is 77.2 Å². The zero-order chi connectivity index (χ0) is 22.6. The van der Waals surface area contributed by atoms with Gasteiger partial charge in [0.05, 0.1) is 0 Å². The lowest BCUT2D eigenvalue weighted by molar-refractivity contribution is 0.147. The van der Waals surface area contributed by atoms with E-state index in [0.717, 1.165) is 52.2 Å². The first-order valence-electron chi connectivity index (χ1n) is 11.8. The third-order valence-corrected chi connectivity index (χ3v) is 7.10. The lowest BCUT2D eigenvalue weighted by Crippen LogP contribution is -2.42. The molecule has 3 aromatic rings. The van der Waals surface area contributed by atoms with Crippen molar-refractivity contribution in [3.63, 3.8) is 0 Å². The number of piperidine rings is 1. The molecule has 33 heavy (non-hydrogen) atoms. The minimum Gasteiger partial charge on any atom is -0.355 e. The van der Waals surface area contributed by atoms with Gasteiger partial charge in [0.2, 0.25) is 0 Å². The fourth-order valence-electron chi connectivity index (χ4n) is 4.71. The maximum absolute atomic E-state index is 5.97. The summed E-state index contributed by atoms with van der Waals surface area (Å²) in [5.41, 5.74) is 3.79. The molecule has 0 N–H and O–H groups in total. The van der Waals surface area contributed by atoms with Crippen LogP contribution in [0.4, 0.5) is 5.82 Å². The Kier molecular flexibility index (Phi) is 6.62. The van der Waals surface area contributed by atoms with E-state index in [-0.39, 0.29) is 0 Å². The van der Waals surface area contributed by atoms with Crippen molar-refractivity contribution in [2.75, 3.05) is 31.1 Å². The Balaban J connectivity index is 1.19. The molecule has 0 bridgehead atoms. The summed E-state index contributed by atoms with van der Waals surface area (Å²) in [5.74, 6) is 8.27. The molecule has 5 rings (SSSR count). The highest BCUT2D eigenvalue weighted by Gasteiger charge is 2.30. The number of rotatable bonds is 3. The van der Waals surface area contributed by atoms with Gasteiger partial charge in [-0.2, -0.15) is 0 Å². The molecule has 2 aromatic heterocycles. The monoisotopic (exact) mass is 456 g/mol. The van der Waals surface area contributed by atoms with Crippen LogP contribution in [0.1, 0.15) is 37.4 Å².